The summed E-state index contributed by atoms with van der Waals surface area (Å²) in [5.41, 5.74) is -0.253. The molecule has 0 unspecified atom stereocenters. The first kappa shape index (κ1) is 13.9. The third kappa shape index (κ3) is 3.09. The number of benzene rings is 2. The second kappa shape index (κ2) is 5.64. The molecule has 0 aliphatic rings. The SMILES string of the molecule is NN=C(Nc1ccccc1C(F)(F)F)c1ccccc1. The van der Waals surface area contributed by atoms with Gasteiger partial charge in [-0.05, 0) is 12.1 Å². The summed E-state index contributed by atoms with van der Waals surface area (Å²) in [4.78, 5) is 0. The van der Waals surface area contributed by atoms with E-state index in [4.69, 9.17) is 5.84 Å². The summed E-state index contributed by atoms with van der Waals surface area (Å²) in [6, 6.07) is 13.9. The minimum absolute atomic E-state index is 0.0898. The molecule has 3 nitrogen and oxygen atoms in total. The van der Waals surface area contributed by atoms with Crippen LogP contribution in [-0.2, 0) is 6.18 Å². The van der Waals surface area contributed by atoms with Crippen LogP contribution < -0.4 is 11.2 Å². The number of alkyl halides is 3. The number of hydrogen-bond donors (Lipinski definition) is 2. The second-order valence-corrected chi connectivity index (χ2v) is 4.01. The number of hydrogen-bond acceptors (Lipinski definition) is 2. The van der Waals surface area contributed by atoms with Gasteiger partial charge in [0.1, 0.15) is 0 Å². The summed E-state index contributed by atoms with van der Waals surface area (Å²) in [5, 5.41) is 6.14. The molecule has 0 aliphatic carbocycles. The maximum absolute atomic E-state index is 12.9. The minimum atomic E-state index is -4.44. The van der Waals surface area contributed by atoms with E-state index in [9.17, 15) is 13.2 Å². The number of amidine groups is 1. The predicted molar refractivity (Wildman–Crippen MR) is 72.2 cm³/mol. The molecule has 0 heterocycles. The first-order chi connectivity index (χ1) is 9.52. The molecule has 2 aromatic carbocycles. The molecular weight excluding hydrogens is 267 g/mol. The zero-order chi connectivity index (χ0) is 14.6. The monoisotopic (exact) mass is 279 g/mol. The Balaban J connectivity index is 2.35. The van der Waals surface area contributed by atoms with Crippen molar-refractivity contribution < 1.29 is 13.2 Å². The Bertz CT molecular complexity index is 607. The first-order valence-corrected chi connectivity index (χ1v) is 5.79. The molecule has 3 N–H and O–H groups in total. The normalized spacial score (nSPS) is 12.2. The van der Waals surface area contributed by atoms with Gasteiger partial charge in [-0.15, -0.1) is 0 Å². The van der Waals surface area contributed by atoms with E-state index in [1.54, 1.807) is 30.3 Å². The second-order valence-electron chi connectivity index (χ2n) is 4.01. The van der Waals surface area contributed by atoms with Crippen LogP contribution in [0.15, 0.2) is 59.7 Å². The molecule has 2 aromatic rings. The van der Waals surface area contributed by atoms with E-state index in [1.165, 1.54) is 18.2 Å². The van der Waals surface area contributed by atoms with Gasteiger partial charge >= 0.3 is 6.18 Å². The van der Waals surface area contributed by atoms with Crippen molar-refractivity contribution in [1.29, 1.82) is 0 Å². The number of nitrogens with zero attached hydrogens (tertiary/aromatic N) is 1. The standard InChI is InChI=1S/C14H12F3N3/c15-14(16,17)11-8-4-5-9-12(11)19-13(20-18)10-6-2-1-3-7-10/h1-9H,18H2,(H,19,20). The molecule has 0 aliphatic heterocycles. The van der Waals surface area contributed by atoms with Gasteiger partial charge in [-0.3, -0.25) is 0 Å². The molecule has 6 heteroatoms. The van der Waals surface area contributed by atoms with Crippen LogP contribution in [-0.4, -0.2) is 5.84 Å². The van der Waals surface area contributed by atoms with Gasteiger partial charge in [0, 0.05) is 5.56 Å². The van der Waals surface area contributed by atoms with Crippen LogP contribution in [0.3, 0.4) is 0 Å². The lowest BCUT2D eigenvalue weighted by molar-refractivity contribution is -0.136. The lowest BCUT2D eigenvalue weighted by atomic mass is 10.1. The van der Waals surface area contributed by atoms with Crippen molar-refractivity contribution in [2.75, 3.05) is 5.32 Å². The lowest BCUT2D eigenvalue weighted by Gasteiger charge is -2.15. The molecular formula is C14H12F3N3. The molecule has 0 radical (unpaired) electrons. The first-order valence-electron chi connectivity index (χ1n) is 5.79. The highest BCUT2D eigenvalue weighted by molar-refractivity contribution is 6.08. The van der Waals surface area contributed by atoms with Crippen LogP contribution in [0.4, 0.5) is 18.9 Å². The summed E-state index contributed by atoms with van der Waals surface area (Å²) in [6.07, 6.45) is -4.44. The van der Waals surface area contributed by atoms with Crippen LogP contribution in [0.1, 0.15) is 11.1 Å². The zero-order valence-corrected chi connectivity index (χ0v) is 10.4. The molecule has 104 valence electrons. The molecule has 0 saturated carbocycles. The number of anilines is 1. The van der Waals surface area contributed by atoms with Crippen molar-refractivity contribution in [2.24, 2.45) is 10.9 Å². The number of para-hydroxylation sites is 1. The average Bonchev–Trinajstić information content (AvgIpc) is 2.45. The van der Waals surface area contributed by atoms with Crippen molar-refractivity contribution in [2.45, 2.75) is 6.18 Å². The number of halogens is 3. The Morgan fingerprint density at radius 2 is 1.55 bits per heavy atom. The molecule has 0 aromatic heterocycles. The van der Waals surface area contributed by atoms with E-state index in [0.717, 1.165) is 6.07 Å². The molecule has 2 rings (SSSR count). The van der Waals surface area contributed by atoms with Crippen molar-refractivity contribution in [3.8, 4) is 0 Å². The topological polar surface area (TPSA) is 50.4 Å². The number of rotatable bonds is 2. The van der Waals surface area contributed by atoms with E-state index in [0.29, 0.717) is 5.56 Å². The van der Waals surface area contributed by atoms with Gasteiger partial charge in [0.25, 0.3) is 0 Å². The lowest BCUT2D eigenvalue weighted by Crippen LogP contribution is -2.19. The van der Waals surface area contributed by atoms with Crippen molar-refractivity contribution in [3.05, 3.63) is 65.7 Å². The molecule has 0 spiro atoms. The fourth-order valence-electron chi connectivity index (χ4n) is 1.74. The Labute approximate surface area is 113 Å². The summed E-state index contributed by atoms with van der Waals surface area (Å²) in [5.74, 6) is 5.42. The summed E-state index contributed by atoms with van der Waals surface area (Å²) >= 11 is 0. The average molecular weight is 279 g/mol. The minimum Gasteiger partial charge on any atom is -0.338 e. The van der Waals surface area contributed by atoms with E-state index in [1.807, 2.05) is 0 Å². The predicted octanol–water partition coefficient (Wildman–Crippen LogP) is 3.44. The highest BCUT2D eigenvalue weighted by Gasteiger charge is 2.33. The summed E-state index contributed by atoms with van der Waals surface area (Å²) in [6.45, 7) is 0. The van der Waals surface area contributed by atoms with Crippen molar-refractivity contribution in [1.82, 2.24) is 0 Å². The van der Waals surface area contributed by atoms with E-state index in [2.05, 4.69) is 10.4 Å². The fourth-order valence-corrected chi connectivity index (χ4v) is 1.74. The number of nitrogens with two attached hydrogens (primary N) is 1. The molecule has 0 amide bonds. The van der Waals surface area contributed by atoms with E-state index in [-0.39, 0.29) is 11.5 Å². The van der Waals surface area contributed by atoms with Crippen molar-refractivity contribution in [3.63, 3.8) is 0 Å². The highest BCUT2D eigenvalue weighted by atomic mass is 19.4. The van der Waals surface area contributed by atoms with Gasteiger partial charge in [0.05, 0.1) is 11.3 Å². The maximum atomic E-state index is 12.9. The zero-order valence-electron chi connectivity index (χ0n) is 10.4. The summed E-state index contributed by atoms with van der Waals surface area (Å²) < 4.78 is 38.7. The largest absolute Gasteiger partial charge is 0.418 e. The number of hydrazone groups is 1. The molecule has 0 atom stereocenters. The Morgan fingerprint density at radius 3 is 2.15 bits per heavy atom. The fraction of sp³-hybridized carbons (Fsp3) is 0.0714. The summed E-state index contributed by atoms with van der Waals surface area (Å²) in [7, 11) is 0. The van der Waals surface area contributed by atoms with Gasteiger partial charge < -0.3 is 11.2 Å². The molecule has 0 fully saturated rings. The van der Waals surface area contributed by atoms with E-state index >= 15 is 0 Å². The van der Waals surface area contributed by atoms with Gasteiger partial charge in [0.2, 0.25) is 0 Å². The molecule has 0 bridgehead atoms. The number of nitrogens with one attached hydrogen (secondary N) is 1. The van der Waals surface area contributed by atoms with E-state index < -0.39 is 11.7 Å². The molecule has 0 saturated heterocycles. The third-order valence-corrected chi connectivity index (χ3v) is 2.66. The quantitative estimate of drug-likeness (QED) is 0.383. The van der Waals surface area contributed by atoms with Gasteiger partial charge in [-0.1, -0.05) is 42.5 Å². The molecule has 20 heavy (non-hydrogen) atoms. The van der Waals surface area contributed by atoms with Crippen LogP contribution in [0, 0.1) is 0 Å². The van der Waals surface area contributed by atoms with Crippen LogP contribution in [0.5, 0.6) is 0 Å². The van der Waals surface area contributed by atoms with Gasteiger partial charge in [-0.25, -0.2) is 0 Å². The third-order valence-electron chi connectivity index (χ3n) is 2.66. The van der Waals surface area contributed by atoms with Gasteiger partial charge in [0.15, 0.2) is 5.84 Å². The maximum Gasteiger partial charge on any atom is 0.418 e. The van der Waals surface area contributed by atoms with Gasteiger partial charge in [-0.2, -0.15) is 18.3 Å². The van der Waals surface area contributed by atoms with Crippen molar-refractivity contribution >= 4 is 11.5 Å². The Kier molecular flexibility index (Phi) is 3.93. The van der Waals surface area contributed by atoms with Crippen LogP contribution >= 0.6 is 0 Å². The Hall–Kier alpha value is -2.50. The Morgan fingerprint density at radius 1 is 0.950 bits per heavy atom. The van der Waals surface area contributed by atoms with Crippen LogP contribution in [0.2, 0.25) is 0 Å². The highest BCUT2D eigenvalue weighted by Crippen LogP contribution is 2.34. The smallest absolute Gasteiger partial charge is 0.338 e. The van der Waals surface area contributed by atoms with Crippen LogP contribution in [0.25, 0.3) is 0 Å².